The van der Waals surface area contributed by atoms with Crippen molar-refractivity contribution >= 4 is 6.09 Å². The molecule has 0 saturated carbocycles. The topological polar surface area (TPSA) is 58.6 Å². The number of aliphatic hydroxyl groups excluding tert-OH is 1. The minimum atomic E-state index is -0.428. The normalized spacial score (nSPS) is 30.4. The van der Waals surface area contributed by atoms with Gasteiger partial charge in [0.2, 0.25) is 0 Å². The summed E-state index contributed by atoms with van der Waals surface area (Å²) in [5, 5.41) is 11.4. The summed E-state index contributed by atoms with van der Waals surface area (Å²) in [5.74, 6) is 0.290. The molecule has 2 unspecified atom stereocenters. The lowest BCUT2D eigenvalue weighted by Gasteiger charge is -2.17. The van der Waals surface area contributed by atoms with E-state index in [2.05, 4.69) is 5.32 Å². The Hall–Kier alpha value is -0.770. The van der Waals surface area contributed by atoms with Gasteiger partial charge in [0.05, 0.1) is 12.6 Å². The highest BCUT2D eigenvalue weighted by Crippen LogP contribution is 2.15. The van der Waals surface area contributed by atoms with E-state index >= 15 is 0 Å². The highest BCUT2D eigenvalue weighted by molar-refractivity contribution is 5.70. The molecule has 2 N–H and O–H groups in total. The van der Waals surface area contributed by atoms with Crippen LogP contribution < -0.4 is 5.32 Å². The van der Waals surface area contributed by atoms with E-state index in [4.69, 9.17) is 9.84 Å². The van der Waals surface area contributed by atoms with Crippen molar-refractivity contribution in [3.63, 3.8) is 0 Å². The quantitative estimate of drug-likeness (QED) is 0.601. The van der Waals surface area contributed by atoms with Crippen LogP contribution in [0.1, 0.15) is 13.8 Å². The van der Waals surface area contributed by atoms with Crippen LogP contribution in [0.2, 0.25) is 0 Å². The van der Waals surface area contributed by atoms with Crippen LogP contribution in [0, 0.1) is 5.92 Å². The van der Waals surface area contributed by atoms with Gasteiger partial charge >= 0.3 is 6.09 Å². The predicted octanol–water partition coefficient (Wildman–Crippen LogP) is 0.112. The zero-order valence-corrected chi connectivity index (χ0v) is 6.70. The van der Waals surface area contributed by atoms with Gasteiger partial charge in [0.15, 0.2) is 0 Å². The average Bonchev–Trinajstić information content (AvgIpc) is 2.30. The van der Waals surface area contributed by atoms with Gasteiger partial charge in [-0.2, -0.15) is 0 Å². The Morgan fingerprint density at radius 1 is 1.73 bits per heavy atom. The van der Waals surface area contributed by atoms with E-state index in [1.54, 1.807) is 0 Å². The van der Waals surface area contributed by atoms with Crippen molar-refractivity contribution in [2.45, 2.75) is 26.0 Å². The second-order valence-corrected chi connectivity index (χ2v) is 3.04. The van der Waals surface area contributed by atoms with Crippen molar-refractivity contribution in [3.8, 4) is 0 Å². The third-order valence-electron chi connectivity index (χ3n) is 1.84. The molecule has 1 amide bonds. The summed E-state index contributed by atoms with van der Waals surface area (Å²) in [6.45, 7) is 3.84. The summed E-state index contributed by atoms with van der Waals surface area (Å²) in [5.41, 5.74) is 0. The summed E-state index contributed by atoms with van der Waals surface area (Å²) in [6, 6.07) is -0.0486. The first-order valence-corrected chi connectivity index (χ1v) is 3.73. The fourth-order valence-electron chi connectivity index (χ4n) is 1.22. The molecule has 1 saturated heterocycles. The number of ether oxygens (including phenoxy) is 1. The van der Waals surface area contributed by atoms with Crippen molar-refractivity contribution < 1.29 is 14.6 Å². The molecule has 0 bridgehead atoms. The molecular weight excluding hydrogens is 146 g/mol. The lowest BCUT2D eigenvalue weighted by Crippen LogP contribution is -2.38. The third-order valence-corrected chi connectivity index (χ3v) is 1.84. The number of carbonyl (C=O) groups excluding carboxylic acids is 1. The first-order chi connectivity index (χ1) is 5.15. The minimum absolute atomic E-state index is 0.0486. The van der Waals surface area contributed by atoms with Crippen LogP contribution in [0.15, 0.2) is 0 Å². The molecule has 0 aromatic carbocycles. The molecule has 0 aromatic heterocycles. The molecule has 0 spiro atoms. The van der Waals surface area contributed by atoms with Crippen LogP contribution in [-0.2, 0) is 4.74 Å². The molecule has 0 aliphatic carbocycles. The van der Waals surface area contributed by atoms with Gasteiger partial charge < -0.3 is 15.2 Å². The number of cyclic esters (lactones) is 1. The standard InChI is InChI=1S/C7H13NO3/c1-4(2)6-5(3-9)11-7(10)8-6/h4-6,9H,3H2,1-2H3,(H,8,10). The first-order valence-electron chi connectivity index (χ1n) is 3.73. The van der Waals surface area contributed by atoms with Crippen molar-refractivity contribution in [2.24, 2.45) is 5.92 Å². The maximum absolute atomic E-state index is 10.7. The molecular formula is C7H13NO3. The number of rotatable bonds is 2. The second-order valence-electron chi connectivity index (χ2n) is 3.04. The summed E-state index contributed by atoms with van der Waals surface area (Å²) < 4.78 is 4.78. The molecule has 4 nitrogen and oxygen atoms in total. The Kier molecular flexibility index (Phi) is 2.34. The maximum Gasteiger partial charge on any atom is 0.407 e. The molecule has 0 radical (unpaired) electrons. The smallest absolute Gasteiger partial charge is 0.407 e. The van der Waals surface area contributed by atoms with Gasteiger partial charge in [0.1, 0.15) is 6.10 Å². The Morgan fingerprint density at radius 2 is 2.36 bits per heavy atom. The monoisotopic (exact) mass is 159 g/mol. The zero-order valence-electron chi connectivity index (χ0n) is 6.70. The van der Waals surface area contributed by atoms with Gasteiger partial charge in [0, 0.05) is 0 Å². The largest absolute Gasteiger partial charge is 0.442 e. The predicted molar refractivity (Wildman–Crippen MR) is 39.1 cm³/mol. The van der Waals surface area contributed by atoms with E-state index < -0.39 is 6.09 Å². The highest BCUT2D eigenvalue weighted by atomic mass is 16.6. The van der Waals surface area contributed by atoms with Crippen LogP contribution in [0.25, 0.3) is 0 Å². The molecule has 0 aromatic rings. The van der Waals surface area contributed by atoms with Gasteiger partial charge in [-0.25, -0.2) is 4.79 Å². The van der Waals surface area contributed by atoms with Crippen molar-refractivity contribution in [1.29, 1.82) is 0 Å². The van der Waals surface area contributed by atoms with E-state index in [-0.39, 0.29) is 18.8 Å². The fraction of sp³-hybridized carbons (Fsp3) is 0.857. The number of carbonyl (C=O) groups is 1. The molecule has 1 aliphatic heterocycles. The van der Waals surface area contributed by atoms with Crippen molar-refractivity contribution in [3.05, 3.63) is 0 Å². The second kappa shape index (κ2) is 3.09. The molecule has 4 heteroatoms. The molecule has 11 heavy (non-hydrogen) atoms. The van der Waals surface area contributed by atoms with Crippen LogP contribution in [0.3, 0.4) is 0 Å². The van der Waals surface area contributed by atoms with E-state index in [1.807, 2.05) is 13.8 Å². The SMILES string of the molecule is CC(C)C1NC(=O)OC1CO. The summed E-state index contributed by atoms with van der Waals surface area (Å²) in [7, 11) is 0. The number of hydrogen-bond donors (Lipinski definition) is 2. The van der Waals surface area contributed by atoms with E-state index in [1.165, 1.54) is 0 Å². The molecule has 1 heterocycles. The highest BCUT2D eigenvalue weighted by Gasteiger charge is 2.35. The molecule has 1 rings (SSSR count). The van der Waals surface area contributed by atoms with Crippen LogP contribution in [0.4, 0.5) is 4.79 Å². The lowest BCUT2D eigenvalue weighted by molar-refractivity contribution is 0.0757. The fourth-order valence-corrected chi connectivity index (χ4v) is 1.22. The molecule has 2 atom stereocenters. The summed E-state index contributed by atoms with van der Waals surface area (Å²) in [6.07, 6.45) is -0.801. The van der Waals surface area contributed by atoms with Crippen LogP contribution in [-0.4, -0.2) is 30.0 Å². The van der Waals surface area contributed by atoms with Gasteiger partial charge in [-0.05, 0) is 5.92 Å². The Bertz CT molecular complexity index is 158. The summed E-state index contributed by atoms with van der Waals surface area (Å²) >= 11 is 0. The lowest BCUT2D eigenvalue weighted by atomic mass is 10.0. The van der Waals surface area contributed by atoms with Crippen molar-refractivity contribution in [1.82, 2.24) is 5.32 Å². The van der Waals surface area contributed by atoms with Crippen LogP contribution >= 0.6 is 0 Å². The van der Waals surface area contributed by atoms with E-state index in [9.17, 15) is 4.79 Å². The Balaban J connectivity index is 2.57. The number of nitrogens with one attached hydrogen (secondary N) is 1. The molecule has 64 valence electrons. The molecule has 1 aliphatic rings. The Labute approximate surface area is 65.5 Å². The molecule has 1 fully saturated rings. The minimum Gasteiger partial charge on any atom is -0.442 e. The van der Waals surface area contributed by atoms with E-state index in [0.717, 1.165) is 0 Å². The van der Waals surface area contributed by atoms with Gasteiger partial charge in [0.25, 0.3) is 0 Å². The maximum atomic E-state index is 10.7. The Morgan fingerprint density at radius 3 is 2.73 bits per heavy atom. The van der Waals surface area contributed by atoms with Gasteiger partial charge in [-0.1, -0.05) is 13.8 Å². The zero-order chi connectivity index (χ0) is 8.43. The third kappa shape index (κ3) is 1.63. The number of alkyl carbamates (subject to hydrolysis) is 1. The summed E-state index contributed by atoms with van der Waals surface area (Å²) in [4.78, 5) is 10.7. The average molecular weight is 159 g/mol. The number of aliphatic hydroxyl groups is 1. The van der Waals surface area contributed by atoms with Crippen molar-refractivity contribution in [2.75, 3.05) is 6.61 Å². The first kappa shape index (κ1) is 8.33. The van der Waals surface area contributed by atoms with Crippen LogP contribution in [0.5, 0.6) is 0 Å². The van der Waals surface area contributed by atoms with E-state index in [0.29, 0.717) is 5.92 Å². The van der Waals surface area contributed by atoms with Gasteiger partial charge in [-0.15, -0.1) is 0 Å². The number of hydrogen-bond acceptors (Lipinski definition) is 3. The number of amides is 1. The van der Waals surface area contributed by atoms with Gasteiger partial charge in [-0.3, -0.25) is 0 Å².